The first-order chi connectivity index (χ1) is 10.4. The molecule has 7 nitrogen and oxygen atoms in total. The Morgan fingerprint density at radius 3 is 2.55 bits per heavy atom. The van der Waals surface area contributed by atoms with Crippen molar-refractivity contribution in [1.29, 1.82) is 0 Å². The van der Waals surface area contributed by atoms with Crippen molar-refractivity contribution in [3.8, 4) is 6.01 Å². The summed E-state index contributed by atoms with van der Waals surface area (Å²) in [5.41, 5.74) is 0. The molecular formula is C12H16F3N5O2. The highest BCUT2D eigenvalue weighted by Crippen LogP contribution is 2.19. The third kappa shape index (κ3) is 4.71. The van der Waals surface area contributed by atoms with Crippen LogP contribution in [0.2, 0.25) is 0 Å². The van der Waals surface area contributed by atoms with Crippen LogP contribution in [0.25, 0.3) is 0 Å². The van der Waals surface area contributed by atoms with E-state index in [-0.39, 0.29) is 18.4 Å². The average Bonchev–Trinajstić information content (AvgIpc) is 2.97. The molecule has 0 radical (unpaired) electrons. The summed E-state index contributed by atoms with van der Waals surface area (Å²) in [6.45, 7) is 1.38. The van der Waals surface area contributed by atoms with Crippen molar-refractivity contribution >= 4 is 11.9 Å². The molecular weight excluding hydrogens is 303 g/mol. The molecule has 1 N–H and O–H groups in total. The van der Waals surface area contributed by atoms with Crippen LogP contribution >= 0.6 is 0 Å². The average molecular weight is 319 g/mol. The first-order valence-corrected chi connectivity index (χ1v) is 6.75. The third-order valence-electron chi connectivity index (χ3n) is 3.03. The second kappa shape index (κ2) is 6.75. The highest BCUT2D eigenvalue weighted by molar-refractivity contribution is 5.76. The zero-order valence-corrected chi connectivity index (χ0v) is 12.0. The SMILES string of the molecule is COc1nc(CNC(=O)CC(F)(F)F)nc(N2CCCC2)n1. The number of carbonyl (C=O) groups excluding carboxylic acids is 1. The molecule has 0 aromatic carbocycles. The van der Waals surface area contributed by atoms with E-state index < -0.39 is 18.5 Å². The molecule has 10 heteroatoms. The van der Waals surface area contributed by atoms with E-state index in [2.05, 4.69) is 20.3 Å². The smallest absolute Gasteiger partial charge is 0.397 e. The lowest BCUT2D eigenvalue weighted by Crippen LogP contribution is -2.29. The Morgan fingerprint density at radius 1 is 1.27 bits per heavy atom. The van der Waals surface area contributed by atoms with Crippen LogP contribution in [-0.4, -0.2) is 47.2 Å². The van der Waals surface area contributed by atoms with Crippen LogP contribution in [0.3, 0.4) is 0 Å². The summed E-state index contributed by atoms with van der Waals surface area (Å²) in [7, 11) is 1.38. The molecule has 0 aliphatic carbocycles. The second-order valence-corrected chi connectivity index (χ2v) is 4.80. The summed E-state index contributed by atoms with van der Waals surface area (Å²) < 4.78 is 41.2. The van der Waals surface area contributed by atoms with E-state index in [1.807, 2.05) is 4.90 Å². The van der Waals surface area contributed by atoms with Gasteiger partial charge in [0.25, 0.3) is 0 Å². The number of anilines is 1. The maximum atomic E-state index is 12.1. The summed E-state index contributed by atoms with van der Waals surface area (Å²) >= 11 is 0. The number of rotatable bonds is 5. The predicted molar refractivity (Wildman–Crippen MR) is 70.3 cm³/mol. The lowest BCUT2D eigenvalue weighted by Gasteiger charge is -2.16. The van der Waals surface area contributed by atoms with Gasteiger partial charge in [0.15, 0.2) is 5.82 Å². The van der Waals surface area contributed by atoms with Crippen LogP contribution in [0.15, 0.2) is 0 Å². The topological polar surface area (TPSA) is 80.2 Å². The van der Waals surface area contributed by atoms with Crippen LogP contribution in [0.1, 0.15) is 25.1 Å². The summed E-state index contributed by atoms with van der Waals surface area (Å²) in [6.07, 6.45) is -4.03. The Hall–Kier alpha value is -2.13. The predicted octanol–water partition coefficient (Wildman–Crippen LogP) is 1.05. The number of nitrogens with zero attached hydrogens (tertiary/aromatic N) is 4. The lowest BCUT2D eigenvalue weighted by molar-refractivity contribution is -0.153. The maximum Gasteiger partial charge on any atom is 0.397 e. The molecule has 1 fully saturated rings. The van der Waals surface area contributed by atoms with E-state index in [4.69, 9.17) is 4.74 Å². The van der Waals surface area contributed by atoms with Gasteiger partial charge in [0.2, 0.25) is 11.9 Å². The van der Waals surface area contributed by atoms with Crippen LogP contribution in [0.5, 0.6) is 6.01 Å². The number of amides is 1. The molecule has 22 heavy (non-hydrogen) atoms. The Kier molecular flexibility index (Phi) is 4.99. The molecule has 1 aliphatic rings. The Morgan fingerprint density at radius 2 is 1.95 bits per heavy atom. The van der Waals surface area contributed by atoms with E-state index in [1.54, 1.807) is 0 Å². The van der Waals surface area contributed by atoms with Crippen molar-refractivity contribution in [2.45, 2.75) is 32.0 Å². The van der Waals surface area contributed by atoms with Crippen LogP contribution in [-0.2, 0) is 11.3 Å². The standard InChI is InChI=1S/C12H16F3N5O2/c1-22-11-18-8(7-16-9(21)6-12(13,14)15)17-10(19-11)20-4-2-3-5-20/h2-7H2,1H3,(H,16,21). The number of nitrogens with one attached hydrogen (secondary N) is 1. The van der Waals surface area contributed by atoms with E-state index in [0.29, 0.717) is 5.95 Å². The van der Waals surface area contributed by atoms with Crippen molar-refractivity contribution < 1.29 is 22.7 Å². The minimum Gasteiger partial charge on any atom is -0.467 e. The zero-order valence-electron chi connectivity index (χ0n) is 12.0. The monoisotopic (exact) mass is 319 g/mol. The number of alkyl halides is 3. The fourth-order valence-corrected chi connectivity index (χ4v) is 2.04. The van der Waals surface area contributed by atoms with Crippen molar-refractivity contribution in [3.05, 3.63) is 5.82 Å². The molecule has 1 saturated heterocycles. The van der Waals surface area contributed by atoms with Gasteiger partial charge < -0.3 is 15.0 Å². The van der Waals surface area contributed by atoms with Gasteiger partial charge in [0, 0.05) is 13.1 Å². The highest BCUT2D eigenvalue weighted by atomic mass is 19.4. The van der Waals surface area contributed by atoms with Gasteiger partial charge in [-0.05, 0) is 12.8 Å². The van der Waals surface area contributed by atoms with E-state index in [9.17, 15) is 18.0 Å². The number of methoxy groups -OCH3 is 1. The number of aromatic nitrogens is 3. The molecule has 0 saturated carbocycles. The first-order valence-electron chi connectivity index (χ1n) is 6.75. The van der Waals surface area contributed by atoms with Gasteiger partial charge in [-0.1, -0.05) is 0 Å². The van der Waals surface area contributed by atoms with E-state index >= 15 is 0 Å². The largest absolute Gasteiger partial charge is 0.467 e. The van der Waals surface area contributed by atoms with Gasteiger partial charge in [-0.2, -0.15) is 28.1 Å². The number of ether oxygens (including phenoxy) is 1. The molecule has 1 aliphatic heterocycles. The number of hydrogen-bond acceptors (Lipinski definition) is 6. The van der Waals surface area contributed by atoms with E-state index in [0.717, 1.165) is 25.9 Å². The number of hydrogen-bond donors (Lipinski definition) is 1. The summed E-state index contributed by atoms with van der Waals surface area (Å²) in [5.74, 6) is -0.566. The van der Waals surface area contributed by atoms with Crippen LogP contribution < -0.4 is 15.0 Å². The molecule has 2 heterocycles. The van der Waals surface area contributed by atoms with Gasteiger partial charge in [-0.15, -0.1) is 0 Å². The lowest BCUT2D eigenvalue weighted by atomic mass is 10.4. The second-order valence-electron chi connectivity index (χ2n) is 4.80. The molecule has 0 bridgehead atoms. The Labute approximate surface area is 124 Å². The van der Waals surface area contributed by atoms with Crippen LogP contribution in [0.4, 0.5) is 19.1 Å². The quantitative estimate of drug-likeness (QED) is 0.874. The normalized spacial score (nSPS) is 15.0. The minimum absolute atomic E-state index is 0.0666. The molecule has 2 rings (SSSR count). The zero-order chi connectivity index (χ0) is 16.2. The molecule has 1 aromatic heterocycles. The van der Waals surface area contributed by atoms with Crippen molar-refractivity contribution in [2.24, 2.45) is 0 Å². The minimum atomic E-state index is -4.54. The summed E-state index contributed by atoms with van der Waals surface area (Å²) in [6, 6.07) is 0.0666. The maximum absolute atomic E-state index is 12.1. The molecule has 1 amide bonds. The Balaban J connectivity index is 2.03. The van der Waals surface area contributed by atoms with Gasteiger partial charge >= 0.3 is 12.2 Å². The van der Waals surface area contributed by atoms with Crippen LogP contribution in [0, 0.1) is 0 Å². The van der Waals surface area contributed by atoms with Gasteiger partial charge in [-0.25, -0.2) is 0 Å². The number of carbonyl (C=O) groups is 1. The van der Waals surface area contributed by atoms with Crippen molar-refractivity contribution in [2.75, 3.05) is 25.1 Å². The molecule has 1 aromatic rings. The van der Waals surface area contributed by atoms with Crippen molar-refractivity contribution in [1.82, 2.24) is 20.3 Å². The number of halogens is 3. The Bertz CT molecular complexity index is 532. The molecule has 122 valence electrons. The fourth-order valence-electron chi connectivity index (χ4n) is 2.04. The molecule has 0 unspecified atom stereocenters. The highest BCUT2D eigenvalue weighted by Gasteiger charge is 2.31. The van der Waals surface area contributed by atoms with Gasteiger partial charge in [0.1, 0.15) is 6.42 Å². The van der Waals surface area contributed by atoms with E-state index in [1.165, 1.54) is 7.11 Å². The molecule has 0 spiro atoms. The summed E-state index contributed by atoms with van der Waals surface area (Å²) in [5, 5.41) is 2.14. The third-order valence-corrected chi connectivity index (χ3v) is 3.03. The summed E-state index contributed by atoms with van der Waals surface area (Å²) in [4.78, 5) is 25.3. The fraction of sp³-hybridized carbons (Fsp3) is 0.667. The molecule has 0 atom stereocenters. The van der Waals surface area contributed by atoms with Gasteiger partial charge in [-0.3, -0.25) is 4.79 Å². The first kappa shape index (κ1) is 16.2. The van der Waals surface area contributed by atoms with Crippen molar-refractivity contribution in [3.63, 3.8) is 0 Å². The van der Waals surface area contributed by atoms with Gasteiger partial charge in [0.05, 0.1) is 13.7 Å².